The molecular formula is C20H32Cl2Zr. The van der Waals surface area contributed by atoms with Crippen molar-refractivity contribution in [1.29, 1.82) is 0 Å². The zero-order valence-corrected chi connectivity index (χ0v) is 19.1. The Morgan fingerprint density at radius 3 is 1.57 bits per heavy atom. The van der Waals surface area contributed by atoms with Gasteiger partial charge in [-0.1, -0.05) is 0 Å². The first-order valence-electron chi connectivity index (χ1n) is 8.68. The molecule has 0 fully saturated rings. The van der Waals surface area contributed by atoms with Gasteiger partial charge in [0, 0.05) is 0 Å². The van der Waals surface area contributed by atoms with E-state index in [1.54, 1.807) is 11.1 Å². The fourth-order valence-electron chi connectivity index (χ4n) is 2.97. The van der Waals surface area contributed by atoms with Gasteiger partial charge in [0.15, 0.2) is 0 Å². The molecule has 2 aliphatic carbocycles. The average molecular weight is 435 g/mol. The Hall–Kier alpha value is 0.423. The first kappa shape index (κ1) is 23.4. The maximum Gasteiger partial charge on any atom is -0.147 e. The van der Waals surface area contributed by atoms with Crippen LogP contribution in [0.15, 0.2) is 42.0 Å². The van der Waals surface area contributed by atoms with E-state index in [1.807, 2.05) is 6.56 Å². The summed E-state index contributed by atoms with van der Waals surface area (Å²) in [6.45, 7) is 9.42. The Bertz CT molecular complexity index is 442. The smallest absolute Gasteiger partial charge is 0.147 e. The second-order valence-electron chi connectivity index (χ2n) is 6.78. The molecule has 0 saturated heterocycles. The molecule has 0 spiro atoms. The van der Waals surface area contributed by atoms with Crippen LogP contribution < -0.4 is 0 Å². The van der Waals surface area contributed by atoms with Crippen LogP contribution in [-0.4, -0.2) is 0 Å². The summed E-state index contributed by atoms with van der Waals surface area (Å²) in [7, 11) is 0. The Morgan fingerprint density at radius 2 is 1.22 bits per heavy atom. The molecule has 0 amide bonds. The van der Waals surface area contributed by atoms with Crippen molar-refractivity contribution in [2.45, 2.75) is 66.2 Å². The van der Waals surface area contributed by atoms with Gasteiger partial charge in [-0.05, 0) is 0 Å². The van der Waals surface area contributed by atoms with Crippen molar-refractivity contribution in [3.8, 4) is 0 Å². The van der Waals surface area contributed by atoms with Gasteiger partial charge in [-0.25, -0.2) is 0 Å². The summed E-state index contributed by atoms with van der Waals surface area (Å²) in [5.41, 5.74) is 3.41. The van der Waals surface area contributed by atoms with Gasteiger partial charge in [-0.3, -0.25) is 0 Å². The minimum Gasteiger partial charge on any atom is -0.147 e. The molecule has 0 aliphatic heterocycles. The molecule has 2 aliphatic rings. The van der Waals surface area contributed by atoms with Crippen molar-refractivity contribution < 1.29 is 23.2 Å². The summed E-state index contributed by atoms with van der Waals surface area (Å²) in [4.78, 5) is 0. The van der Waals surface area contributed by atoms with Crippen LogP contribution in [0.3, 0.4) is 0 Å². The second-order valence-corrected chi connectivity index (χ2v) is 10.4. The van der Waals surface area contributed by atoms with Crippen molar-refractivity contribution in [2.75, 3.05) is 0 Å². The first-order chi connectivity index (χ1) is 10.1. The average Bonchev–Trinajstić information content (AvgIpc) is 3.09. The van der Waals surface area contributed by atoms with Gasteiger partial charge >= 0.3 is 143 Å². The molecule has 0 aromatic rings. The molecule has 0 saturated carbocycles. The first-order valence-corrected chi connectivity index (χ1v) is 11.1. The monoisotopic (exact) mass is 432 g/mol. The molecule has 0 N–H and O–H groups in total. The van der Waals surface area contributed by atoms with E-state index in [-0.39, 0.29) is 24.8 Å². The number of rotatable bonds is 8. The zero-order valence-electron chi connectivity index (χ0n) is 15.0. The van der Waals surface area contributed by atoms with Crippen molar-refractivity contribution in [2.24, 2.45) is 11.8 Å². The fourth-order valence-corrected chi connectivity index (χ4v) is 6.65. The molecule has 0 radical (unpaired) electrons. The van der Waals surface area contributed by atoms with Crippen molar-refractivity contribution in [3.63, 3.8) is 0 Å². The number of hydrogen-bond donors (Lipinski definition) is 0. The van der Waals surface area contributed by atoms with Gasteiger partial charge in [0.05, 0.1) is 0 Å². The Labute approximate surface area is 167 Å². The summed E-state index contributed by atoms with van der Waals surface area (Å²) in [5, 5.41) is 0. The van der Waals surface area contributed by atoms with Crippen LogP contribution in [0.1, 0.15) is 66.2 Å². The third-order valence-corrected chi connectivity index (χ3v) is 8.96. The molecular weight excluding hydrogens is 402 g/mol. The van der Waals surface area contributed by atoms with E-state index in [0.29, 0.717) is 0 Å². The Kier molecular flexibility index (Phi) is 12.1. The summed E-state index contributed by atoms with van der Waals surface area (Å²) in [6.07, 6.45) is 17.4. The van der Waals surface area contributed by atoms with Crippen LogP contribution in [0.2, 0.25) is 0 Å². The standard InChI is InChI=1S/2C10H15.2ClH.Zr/c2*1-3-9(2)8-10-6-4-5-7-10;;;/h2*4,6,9H,3,5,8H2,1-2H3;2*1H;. The third-order valence-electron chi connectivity index (χ3n) is 4.89. The van der Waals surface area contributed by atoms with Gasteiger partial charge in [0.1, 0.15) is 0 Å². The summed E-state index contributed by atoms with van der Waals surface area (Å²) in [5.74, 6) is 1.68. The van der Waals surface area contributed by atoms with E-state index in [0.717, 1.165) is 11.8 Å². The predicted octanol–water partition coefficient (Wildman–Crippen LogP) is 7.21. The third kappa shape index (κ3) is 7.05. The quantitative estimate of drug-likeness (QED) is 0.378. The van der Waals surface area contributed by atoms with Crippen LogP contribution in [0.25, 0.3) is 0 Å². The number of halogens is 2. The van der Waals surface area contributed by atoms with E-state index >= 15 is 0 Å². The van der Waals surface area contributed by atoms with Gasteiger partial charge in [-0.2, -0.15) is 0 Å². The van der Waals surface area contributed by atoms with E-state index in [2.05, 4.69) is 52.0 Å². The van der Waals surface area contributed by atoms with E-state index in [4.69, 9.17) is 0 Å². The SMILES string of the molecule is CCC(C)CC1=[C]([Zr][C]2=C(CC(C)CC)C=CC2)CC=C1.Cl.Cl. The van der Waals surface area contributed by atoms with Crippen LogP contribution in [0.4, 0.5) is 0 Å². The number of allylic oxidation sites excluding steroid dienone is 8. The maximum atomic E-state index is 2.43. The van der Waals surface area contributed by atoms with Crippen LogP contribution >= 0.6 is 24.8 Å². The Balaban J connectivity index is 0.00000242. The van der Waals surface area contributed by atoms with Gasteiger partial charge in [0.2, 0.25) is 0 Å². The van der Waals surface area contributed by atoms with Crippen LogP contribution in [0.5, 0.6) is 0 Å². The van der Waals surface area contributed by atoms with E-state index < -0.39 is 23.2 Å². The van der Waals surface area contributed by atoms with Gasteiger partial charge in [0.25, 0.3) is 0 Å². The minimum atomic E-state index is -0.515. The largest absolute Gasteiger partial charge is 0.147 e. The summed E-state index contributed by atoms with van der Waals surface area (Å²) < 4.78 is 3.72. The molecule has 2 rings (SSSR count). The fraction of sp³-hybridized carbons (Fsp3) is 0.600. The molecule has 0 aromatic carbocycles. The van der Waals surface area contributed by atoms with Crippen molar-refractivity contribution in [3.05, 3.63) is 42.0 Å². The van der Waals surface area contributed by atoms with Gasteiger partial charge < -0.3 is 0 Å². The number of hydrogen-bond acceptors (Lipinski definition) is 0. The Morgan fingerprint density at radius 1 is 0.826 bits per heavy atom. The zero-order chi connectivity index (χ0) is 15.2. The molecule has 23 heavy (non-hydrogen) atoms. The molecule has 0 heterocycles. The van der Waals surface area contributed by atoms with E-state index in [9.17, 15) is 0 Å². The van der Waals surface area contributed by atoms with Gasteiger partial charge in [-0.15, -0.1) is 24.8 Å². The molecule has 2 unspecified atom stereocenters. The van der Waals surface area contributed by atoms with Crippen molar-refractivity contribution in [1.82, 2.24) is 0 Å². The molecule has 2 atom stereocenters. The minimum absolute atomic E-state index is 0. The molecule has 3 heteroatoms. The van der Waals surface area contributed by atoms with Crippen LogP contribution in [-0.2, 0) is 23.2 Å². The summed E-state index contributed by atoms with van der Waals surface area (Å²) in [6, 6.07) is 0. The molecule has 130 valence electrons. The van der Waals surface area contributed by atoms with Crippen LogP contribution in [0, 0.1) is 11.8 Å². The molecule has 0 aromatic heterocycles. The normalized spacial score (nSPS) is 18.8. The maximum absolute atomic E-state index is 2.43. The topological polar surface area (TPSA) is 0 Å². The molecule has 0 nitrogen and oxygen atoms in total. The van der Waals surface area contributed by atoms with Crippen molar-refractivity contribution >= 4 is 24.8 Å². The second kappa shape index (κ2) is 11.9. The summed E-state index contributed by atoms with van der Waals surface area (Å²) >= 11 is -0.515. The molecule has 0 bridgehead atoms. The van der Waals surface area contributed by atoms with E-state index in [1.165, 1.54) is 38.5 Å². The predicted molar refractivity (Wildman–Crippen MR) is 104 cm³/mol.